The van der Waals surface area contributed by atoms with Gasteiger partial charge in [0.1, 0.15) is 18.2 Å². The SMILES string of the molecule is CCN(CC)C(=O)C(C)Nc1ncnc(OC)c1C. The monoisotopic (exact) mass is 266 g/mol. The highest BCUT2D eigenvalue weighted by atomic mass is 16.5. The van der Waals surface area contributed by atoms with Gasteiger partial charge in [0, 0.05) is 13.1 Å². The van der Waals surface area contributed by atoms with E-state index in [1.54, 1.807) is 12.0 Å². The van der Waals surface area contributed by atoms with Gasteiger partial charge in [-0.15, -0.1) is 0 Å². The number of carbonyl (C=O) groups is 1. The quantitative estimate of drug-likeness (QED) is 0.844. The predicted molar refractivity (Wildman–Crippen MR) is 74.3 cm³/mol. The molecule has 0 fully saturated rings. The molecule has 1 amide bonds. The Hall–Kier alpha value is -1.85. The maximum absolute atomic E-state index is 12.2. The molecule has 1 heterocycles. The number of carbonyl (C=O) groups excluding carboxylic acids is 1. The van der Waals surface area contributed by atoms with Gasteiger partial charge in [0.15, 0.2) is 0 Å². The van der Waals surface area contributed by atoms with Gasteiger partial charge in [0.05, 0.1) is 12.7 Å². The van der Waals surface area contributed by atoms with Crippen LogP contribution in [0.15, 0.2) is 6.33 Å². The fourth-order valence-corrected chi connectivity index (χ4v) is 1.86. The lowest BCUT2D eigenvalue weighted by Gasteiger charge is -2.24. The molecule has 1 unspecified atom stereocenters. The van der Waals surface area contributed by atoms with Crippen molar-refractivity contribution in [3.05, 3.63) is 11.9 Å². The molecule has 0 aliphatic carbocycles. The van der Waals surface area contributed by atoms with Crippen molar-refractivity contribution >= 4 is 11.7 Å². The summed E-state index contributed by atoms with van der Waals surface area (Å²) >= 11 is 0. The van der Waals surface area contributed by atoms with Crippen molar-refractivity contribution in [3.63, 3.8) is 0 Å². The van der Waals surface area contributed by atoms with Crippen LogP contribution in [0.4, 0.5) is 5.82 Å². The lowest BCUT2D eigenvalue weighted by atomic mass is 10.2. The number of methoxy groups -OCH3 is 1. The summed E-state index contributed by atoms with van der Waals surface area (Å²) in [5.74, 6) is 1.20. The summed E-state index contributed by atoms with van der Waals surface area (Å²) in [7, 11) is 1.56. The van der Waals surface area contributed by atoms with E-state index in [1.165, 1.54) is 6.33 Å². The summed E-state index contributed by atoms with van der Waals surface area (Å²) in [6.07, 6.45) is 1.42. The topological polar surface area (TPSA) is 67.4 Å². The third-order valence-corrected chi connectivity index (χ3v) is 3.03. The molecule has 0 radical (unpaired) electrons. The van der Waals surface area contributed by atoms with Crippen molar-refractivity contribution in [1.82, 2.24) is 14.9 Å². The van der Waals surface area contributed by atoms with Gasteiger partial charge in [-0.25, -0.2) is 9.97 Å². The fourth-order valence-electron chi connectivity index (χ4n) is 1.86. The first-order valence-electron chi connectivity index (χ1n) is 6.46. The summed E-state index contributed by atoms with van der Waals surface area (Å²) in [5.41, 5.74) is 0.796. The Morgan fingerprint density at radius 2 is 2.05 bits per heavy atom. The number of hydrogen-bond acceptors (Lipinski definition) is 5. The Morgan fingerprint density at radius 1 is 1.42 bits per heavy atom. The maximum atomic E-state index is 12.2. The van der Waals surface area contributed by atoms with Crippen molar-refractivity contribution in [2.75, 3.05) is 25.5 Å². The molecular weight excluding hydrogens is 244 g/mol. The normalized spacial score (nSPS) is 11.8. The second-order valence-electron chi connectivity index (χ2n) is 4.23. The van der Waals surface area contributed by atoms with Gasteiger partial charge < -0.3 is 15.0 Å². The molecule has 1 aromatic heterocycles. The van der Waals surface area contributed by atoms with Crippen molar-refractivity contribution in [3.8, 4) is 5.88 Å². The Balaban J connectivity index is 2.82. The van der Waals surface area contributed by atoms with E-state index in [9.17, 15) is 4.79 Å². The number of rotatable bonds is 6. The molecule has 1 rings (SSSR count). The van der Waals surface area contributed by atoms with Crippen LogP contribution >= 0.6 is 0 Å². The largest absolute Gasteiger partial charge is 0.481 e. The lowest BCUT2D eigenvalue weighted by Crippen LogP contribution is -2.41. The molecule has 0 spiro atoms. The number of anilines is 1. The van der Waals surface area contributed by atoms with E-state index in [4.69, 9.17) is 4.74 Å². The van der Waals surface area contributed by atoms with Gasteiger partial charge in [-0.1, -0.05) is 0 Å². The molecule has 0 bridgehead atoms. The molecule has 0 aromatic carbocycles. The number of hydrogen-bond donors (Lipinski definition) is 1. The zero-order chi connectivity index (χ0) is 14.4. The number of amides is 1. The minimum Gasteiger partial charge on any atom is -0.481 e. The van der Waals surface area contributed by atoms with Crippen molar-refractivity contribution in [2.24, 2.45) is 0 Å². The third kappa shape index (κ3) is 3.56. The molecule has 1 atom stereocenters. The van der Waals surface area contributed by atoms with Crippen LogP contribution in [0.2, 0.25) is 0 Å². The van der Waals surface area contributed by atoms with E-state index in [-0.39, 0.29) is 11.9 Å². The molecule has 0 aliphatic rings. The second kappa shape index (κ2) is 6.92. The molecule has 6 nitrogen and oxygen atoms in total. The van der Waals surface area contributed by atoms with Crippen molar-refractivity contribution in [2.45, 2.75) is 33.7 Å². The van der Waals surface area contributed by atoms with Gasteiger partial charge >= 0.3 is 0 Å². The molecule has 0 saturated heterocycles. The minimum atomic E-state index is -0.335. The average molecular weight is 266 g/mol. The fraction of sp³-hybridized carbons (Fsp3) is 0.615. The molecule has 19 heavy (non-hydrogen) atoms. The molecule has 106 valence electrons. The predicted octanol–water partition coefficient (Wildman–Crippen LogP) is 1.46. The van der Waals surface area contributed by atoms with Crippen LogP contribution < -0.4 is 10.1 Å². The van der Waals surface area contributed by atoms with Crippen LogP contribution in [0, 0.1) is 6.92 Å². The van der Waals surface area contributed by atoms with E-state index in [2.05, 4.69) is 15.3 Å². The number of nitrogens with one attached hydrogen (secondary N) is 1. The lowest BCUT2D eigenvalue weighted by molar-refractivity contribution is -0.131. The molecule has 1 N–H and O–H groups in total. The minimum absolute atomic E-state index is 0.0574. The number of ether oxygens (including phenoxy) is 1. The Morgan fingerprint density at radius 3 is 2.58 bits per heavy atom. The van der Waals surface area contributed by atoms with E-state index >= 15 is 0 Å². The van der Waals surface area contributed by atoms with Crippen LogP contribution in [0.25, 0.3) is 0 Å². The summed E-state index contributed by atoms with van der Waals surface area (Å²) in [5, 5.41) is 3.11. The molecular formula is C13H22N4O2. The Kier molecular flexibility index (Phi) is 5.54. The first kappa shape index (κ1) is 15.2. The van der Waals surface area contributed by atoms with Crippen molar-refractivity contribution < 1.29 is 9.53 Å². The number of aromatic nitrogens is 2. The van der Waals surface area contributed by atoms with Crippen LogP contribution in [-0.4, -0.2) is 47.0 Å². The maximum Gasteiger partial charge on any atom is 0.244 e. The zero-order valence-corrected chi connectivity index (χ0v) is 12.2. The van der Waals surface area contributed by atoms with E-state index in [0.717, 1.165) is 5.56 Å². The van der Waals surface area contributed by atoms with Gasteiger partial charge in [0.2, 0.25) is 11.8 Å². The smallest absolute Gasteiger partial charge is 0.244 e. The summed E-state index contributed by atoms with van der Waals surface area (Å²) in [6, 6.07) is -0.335. The first-order valence-corrected chi connectivity index (χ1v) is 6.46. The van der Waals surface area contributed by atoms with Crippen LogP contribution in [-0.2, 0) is 4.79 Å². The van der Waals surface area contributed by atoms with Crippen LogP contribution in [0.3, 0.4) is 0 Å². The summed E-state index contributed by atoms with van der Waals surface area (Å²) in [6.45, 7) is 9.02. The highest BCUT2D eigenvalue weighted by Gasteiger charge is 2.19. The van der Waals surface area contributed by atoms with Gasteiger partial charge in [0.25, 0.3) is 0 Å². The second-order valence-corrected chi connectivity index (χ2v) is 4.23. The molecule has 6 heteroatoms. The summed E-state index contributed by atoms with van der Waals surface area (Å²) in [4.78, 5) is 22.1. The van der Waals surface area contributed by atoms with E-state index in [1.807, 2.05) is 27.7 Å². The Labute approximate surface area is 114 Å². The highest BCUT2D eigenvalue weighted by molar-refractivity contribution is 5.84. The molecule has 0 saturated carbocycles. The van der Waals surface area contributed by atoms with Gasteiger partial charge in [-0.2, -0.15) is 0 Å². The van der Waals surface area contributed by atoms with E-state index < -0.39 is 0 Å². The average Bonchev–Trinajstić information content (AvgIpc) is 2.42. The molecule has 1 aromatic rings. The van der Waals surface area contributed by atoms with E-state index in [0.29, 0.717) is 24.8 Å². The standard InChI is InChI=1S/C13H22N4O2/c1-6-17(7-2)13(18)10(4)16-11-9(3)12(19-5)15-8-14-11/h8,10H,6-7H2,1-5H3,(H,14,15,16). The Bertz CT molecular complexity index is 433. The van der Waals surface area contributed by atoms with Crippen LogP contribution in [0.1, 0.15) is 26.3 Å². The number of likely N-dealkylation sites (N-methyl/N-ethyl adjacent to an activating group) is 1. The first-order chi connectivity index (χ1) is 9.04. The summed E-state index contributed by atoms with van der Waals surface area (Å²) < 4.78 is 5.13. The zero-order valence-electron chi connectivity index (χ0n) is 12.2. The number of nitrogens with zero attached hydrogens (tertiary/aromatic N) is 3. The molecule has 0 aliphatic heterocycles. The third-order valence-electron chi connectivity index (χ3n) is 3.03. The van der Waals surface area contributed by atoms with Crippen molar-refractivity contribution in [1.29, 1.82) is 0 Å². The van der Waals surface area contributed by atoms with Gasteiger partial charge in [-0.05, 0) is 27.7 Å². The van der Waals surface area contributed by atoms with Crippen LogP contribution in [0.5, 0.6) is 5.88 Å². The highest BCUT2D eigenvalue weighted by Crippen LogP contribution is 2.20. The van der Waals surface area contributed by atoms with Gasteiger partial charge in [-0.3, -0.25) is 4.79 Å².